The number of anilines is 1. The van der Waals surface area contributed by atoms with Crippen molar-refractivity contribution in [2.75, 3.05) is 31.1 Å². The van der Waals surface area contributed by atoms with E-state index in [4.69, 9.17) is 0 Å². The average molecular weight is 404 g/mol. The van der Waals surface area contributed by atoms with E-state index in [1.54, 1.807) is 17.4 Å². The fourth-order valence-corrected chi connectivity index (χ4v) is 4.62. The summed E-state index contributed by atoms with van der Waals surface area (Å²) in [7, 11) is 0. The Hall–Kier alpha value is -1.92. The molecule has 1 saturated heterocycles. The minimum Gasteiger partial charge on any atom is -0.367 e. The van der Waals surface area contributed by atoms with Crippen LogP contribution in [0.1, 0.15) is 38.6 Å². The molecule has 28 heavy (non-hydrogen) atoms. The maximum absolute atomic E-state index is 14.1. The van der Waals surface area contributed by atoms with Gasteiger partial charge in [0.25, 0.3) is 0 Å². The molecule has 0 unspecified atom stereocenters. The van der Waals surface area contributed by atoms with Gasteiger partial charge in [0.05, 0.1) is 11.7 Å². The summed E-state index contributed by atoms with van der Waals surface area (Å²) in [5.41, 5.74) is 0.251. The number of hydrogen-bond donors (Lipinski definition) is 1. The average Bonchev–Trinajstić information content (AvgIpc) is 3.16. The third-order valence-electron chi connectivity index (χ3n) is 5.25. The topological polar surface area (TPSA) is 35.6 Å². The minimum atomic E-state index is -0.419. The van der Waals surface area contributed by atoms with E-state index in [-0.39, 0.29) is 23.8 Å². The van der Waals surface area contributed by atoms with Crippen LogP contribution in [-0.4, -0.2) is 43.0 Å². The van der Waals surface area contributed by atoms with Crippen LogP contribution in [0.25, 0.3) is 0 Å². The minimum absolute atomic E-state index is 0.00890. The Morgan fingerprint density at radius 1 is 1.11 bits per heavy atom. The maximum Gasteiger partial charge on any atom is 0.225 e. The number of amides is 1. The van der Waals surface area contributed by atoms with Crippen molar-refractivity contribution in [1.82, 2.24) is 10.2 Å². The highest BCUT2D eigenvalue weighted by Gasteiger charge is 2.33. The first kappa shape index (κ1) is 20.8. The lowest BCUT2D eigenvalue weighted by molar-refractivity contribution is -0.129. The van der Waals surface area contributed by atoms with Crippen LogP contribution in [-0.2, 0) is 4.79 Å². The predicted octanol–water partition coefficient (Wildman–Crippen LogP) is 4.30. The van der Waals surface area contributed by atoms with E-state index >= 15 is 0 Å². The molecule has 1 aromatic carbocycles. The third kappa shape index (κ3) is 4.73. The summed E-state index contributed by atoms with van der Waals surface area (Å²) >= 11 is 1.72. The molecule has 6 heteroatoms. The van der Waals surface area contributed by atoms with Gasteiger partial charge in [-0.25, -0.2) is 4.39 Å². The maximum atomic E-state index is 14.1. The number of thiophene rings is 1. The second kappa shape index (κ2) is 8.62. The summed E-state index contributed by atoms with van der Waals surface area (Å²) in [6.45, 7) is 11.1. The lowest BCUT2D eigenvalue weighted by Gasteiger charge is -2.42. The number of nitrogens with zero attached hydrogens (tertiary/aromatic N) is 2. The van der Waals surface area contributed by atoms with Crippen LogP contribution in [0.5, 0.6) is 0 Å². The van der Waals surface area contributed by atoms with Gasteiger partial charge in [-0.1, -0.05) is 39.0 Å². The molecule has 0 bridgehead atoms. The number of piperazine rings is 1. The normalized spacial score (nSPS) is 18.0. The molecule has 0 spiro atoms. The molecule has 0 aliphatic carbocycles. The molecule has 2 aromatic rings. The Morgan fingerprint density at radius 2 is 1.79 bits per heavy atom. The predicted molar refractivity (Wildman–Crippen MR) is 114 cm³/mol. The van der Waals surface area contributed by atoms with Gasteiger partial charge >= 0.3 is 0 Å². The Kier molecular flexibility index (Phi) is 6.40. The van der Waals surface area contributed by atoms with E-state index in [0.717, 1.165) is 26.2 Å². The fraction of sp³-hybridized carbons (Fsp3) is 0.500. The van der Waals surface area contributed by atoms with E-state index in [1.807, 2.05) is 32.9 Å². The van der Waals surface area contributed by atoms with Crippen molar-refractivity contribution >= 4 is 22.9 Å². The zero-order valence-corrected chi connectivity index (χ0v) is 17.9. The molecule has 1 aliphatic heterocycles. The van der Waals surface area contributed by atoms with Crippen molar-refractivity contribution in [2.45, 2.75) is 39.8 Å². The van der Waals surface area contributed by atoms with Crippen LogP contribution >= 0.6 is 11.3 Å². The number of halogens is 1. The molecular weight excluding hydrogens is 373 g/mol. The molecule has 4 nitrogen and oxygen atoms in total. The molecule has 152 valence electrons. The van der Waals surface area contributed by atoms with E-state index in [0.29, 0.717) is 5.69 Å². The molecule has 2 heterocycles. The smallest absolute Gasteiger partial charge is 0.225 e. The third-order valence-corrected chi connectivity index (χ3v) is 6.19. The van der Waals surface area contributed by atoms with E-state index in [1.165, 1.54) is 10.9 Å². The van der Waals surface area contributed by atoms with Crippen LogP contribution in [0.15, 0.2) is 41.8 Å². The van der Waals surface area contributed by atoms with Gasteiger partial charge in [-0.3, -0.25) is 9.69 Å². The number of para-hydroxylation sites is 1. The van der Waals surface area contributed by atoms with Crippen LogP contribution in [0.2, 0.25) is 0 Å². The zero-order chi connectivity index (χ0) is 20.3. The van der Waals surface area contributed by atoms with Crippen LogP contribution < -0.4 is 10.2 Å². The zero-order valence-electron chi connectivity index (χ0n) is 17.1. The van der Waals surface area contributed by atoms with Gasteiger partial charge in [0.2, 0.25) is 5.91 Å². The first-order valence-electron chi connectivity index (χ1n) is 9.85. The first-order chi connectivity index (χ1) is 13.3. The fourth-order valence-electron chi connectivity index (χ4n) is 3.65. The van der Waals surface area contributed by atoms with Gasteiger partial charge in [0, 0.05) is 42.5 Å². The number of carbonyl (C=O) groups excluding carboxylic acids is 1. The van der Waals surface area contributed by atoms with Crippen molar-refractivity contribution in [2.24, 2.45) is 5.41 Å². The molecule has 1 N–H and O–H groups in total. The quantitative estimate of drug-likeness (QED) is 0.808. The highest BCUT2D eigenvalue weighted by Crippen LogP contribution is 2.31. The highest BCUT2D eigenvalue weighted by atomic mass is 32.1. The lowest BCUT2D eigenvalue weighted by atomic mass is 9.94. The Labute approximate surface area is 171 Å². The molecular formula is C22H30FN3OS. The van der Waals surface area contributed by atoms with Crippen LogP contribution in [0.3, 0.4) is 0 Å². The summed E-state index contributed by atoms with van der Waals surface area (Å²) in [5, 5.41) is 5.29. The molecule has 1 fully saturated rings. The molecule has 2 atom stereocenters. The van der Waals surface area contributed by atoms with Gasteiger partial charge in [-0.2, -0.15) is 0 Å². The Bertz CT molecular complexity index is 779. The standard InChI is InChI=1S/C22H30FN3OS/c1-16(24-21(27)22(2,3)4)20(19-10-7-15-28-19)26-13-11-25(12-14-26)18-9-6-5-8-17(18)23/h5-10,15-16,20H,11-14H2,1-4H3,(H,24,27)/t16-,20-/m1/s1. The summed E-state index contributed by atoms with van der Waals surface area (Å²) in [4.78, 5) is 18.3. The van der Waals surface area contributed by atoms with Gasteiger partial charge in [0.1, 0.15) is 5.82 Å². The van der Waals surface area contributed by atoms with Crippen molar-refractivity contribution in [3.63, 3.8) is 0 Å². The summed E-state index contributed by atoms with van der Waals surface area (Å²) in [6, 6.07) is 11.3. The Balaban J connectivity index is 1.72. The summed E-state index contributed by atoms with van der Waals surface area (Å²) in [5.74, 6) is -0.108. The molecule has 3 rings (SSSR count). The van der Waals surface area contributed by atoms with Gasteiger partial charge in [0.15, 0.2) is 0 Å². The van der Waals surface area contributed by atoms with Gasteiger partial charge in [-0.15, -0.1) is 11.3 Å². The van der Waals surface area contributed by atoms with Gasteiger partial charge < -0.3 is 10.2 Å². The highest BCUT2D eigenvalue weighted by molar-refractivity contribution is 7.10. The Morgan fingerprint density at radius 3 is 2.36 bits per heavy atom. The largest absolute Gasteiger partial charge is 0.367 e. The van der Waals surface area contributed by atoms with Crippen molar-refractivity contribution in [1.29, 1.82) is 0 Å². The SMILES string of the molecule is C[C@@H](NC(=O)C(C)(C)C)[C@H](c1cccs1)N1CCN(c2ccccc2F)CC1. The lowest BCUT2D eigenvalue weighted by Crippen LogP contribution is -2.53. The van der Waals surface area contributed by atoms with Crippen LogP contribution in [0, 0.1) is 11.2 Å². The molecule has 1 aromatic heterocycles. The summed E-state index contributed by atoms with van der Waals surface area (Å²) < 4.78 is 14.1. The number of nitrogens with one attached hydrogen (secondary N) is 1. The first-order valence-corrected chi connectivity index (χ1v) is 10.7. The second-order valence-electron chi connectivity index (χ2n) is 8.45. The van der Waals surface area contributed by atoms with Gasteiger partial charge in [-0.05, 0) is 30.5 Å². The number of benzene rings is 1. The van der Waals surface area contributed by atoms with Crippen molar-refractivity contribution in [3.8, 4) is 0 Å². The number of carbonyl (C=O) groups is 1. The van der Waals surface area contributed by atoms with E-state index in [9.17, 15) is 9.18 Å². The second-order valence-corrected chi connectivity index (χ2v) is 9.43. The molecule has 1 aliphatic rings. The van der Waals surface area contributed by atoms with E-state index in [2.05, 4.69) is 39.6 Å². The van der Waals surface area contributed by atoms with Crippen molar-refractivity contribution < 1.29 is 9.18 Å². The molecule has 0 saturated carbocycles. The van der Waals surface area contributed by atoms with E-state index < -0.39 is 5.41 Å². The summed E-state index contributed by atoms with van der Waals surface area (Å²) in [6.07, 6.45) is 0. The number of hydrogen-bond acceptors (Lipinski definition) is 4. The molecule has 1 amide bonds. The molecule has 0 radical (unpaired) electrons. The monoisotopic (exact) mass is 403 g/mol. The number of rotatable bonds is 5. The van der Waals surface area contributed by atoms with Crippen molar-refractivity contribution in [3.05, 3.63) is 52.5 Å². The van der Waals surface area contributed by atoms with Crippen LogP contribution in [0.4, 0.5) is 10.1 Å².